The molecule has 2 rings (SSSR count). The van der Waals surface area contributed by atoms with E-state index in [0.717, 1.165) is 20.9 Å². The molecule has 0 atom stereocenters. The fourth-order valence-electron chi connectivity index (χ4n) is 1.45. The van der Waals surface area contributed by atoms with Crippen molar-refractivity contribution in [3.63, 3.8) is 0 Å². The molecular formula is C10H8BrNO2. The first-order chi connectivity index (χ1) is 6.81. The number of hydrogen-bond donors (Lipinski definition) is 1. The summed E-state index contributed by atoms with van der Waals surface area (Å²) in [5, 5.41) is 1.10. The van der Waals surface area contributed by atoms with Crippen molar-refractivity contribution in [3.05, 3.63) is 34.4 Å². The topological polar surface area (TPSA) is 42.1 Å². The van der Waals surface area contributed by atoms with E-state index in [0.29, 0.717) is 13.1 Å². The van der Waals surface area contributed by atoms with E-state index in [4.69, 9.17) is 4.74 Å². The summed E-state index contributed by atoms with van der Waals surface area (Å²) in [7, 11) is 0. The maximum Gasteiger partial charge on any atom is 0.293 e. The van der Waals surface area contributed by atoms with Crippen molar-refractivity contribution in [1.82, 2.24) is 4.98 Å². The summed E-state index contributed by atoms with van der Waals surface area (Å²) in [4.78, 5) is 13.2. The van der Waals surface area contributed by atoms with Crippen LogP contribution in [0.1, 0.15) is 5.56 Å². The van der Waals surface area contributed by atoms with Gasteiger partial charge in [0.25, 0.3) is 6.47 Å². The highest BCUT2D eigenvalue weighted by Gasteiger charge is 2.04. The van der Waals surface area contributed by atoms with Gasteiger partial charge >= 0.3 is 0 Å². The van der Waals surface area contributed by atoms with Crippen molar-refractivity contribution in [2.24, 2.45) is 0 Å². The molecule has 1 aromatic carbocycles. The lowest BCUT2D eigenvalue weighted by Gasteiger charge is -2.02. The molecule has 1 aromatic heterocycles. The highest BCUT2D eigenvalue weighted by atomic mass is 79.9. The van der Waals surface area contributed by atoms with Gasteiger partial charge in [0.2, 0.25) is 0 Å². The van der Waals surface area contributed by atoms with Gasteiger partial charge in [-0.1, -0.05) is 15.9 Å². The number of fused-ring (bicyclic) bond motifs is 1. The summed E-state index contributed by atoms with van der Waals surface area (Å²) >= 11 is 3.40. The molecule has 0 saturated carbocycles. The summed E-state index contributed by atoms with van der Waals surface area (Å²) in [5.41, 5.74) is 1.97. The minimum atomic E-state index is 0.292. The number of nitrogens with one attached hydrogen (secondary N) is 1. The molecule has 0 aliphatic rings. The molecule has 0 fully saturated rings. The first kappa shape index (κ1) is 9.27. The molecule has 3 nitrogen and oxygen atoms in total. The van der Waals surface area contributed by atoms with Crippen molar-refractivity contribution in [3.8, 4) is 0 Å². The third-order valence-corrected chi connectivity index (χ3v) is 2.47. The van der Waals surface area contributed by atoms with Crippen molar-refractivity contribution in [2.45, 2.75) is 6.61 Å². The number of carbonyl (C=O) groups is 1. The third kappa shape index (κ3) is 1.65. The van der Waals surface area contributed by atoms with Crippen LogP contribution in [0.3, 0.4) is 0 Å². The molecule has 0 saturated heterocycles. The van der Waals surface area contributed by atoms with Crippen LogP contribution in [0.25, 0.3) is 10.9 Å². The van der Waals surface area contributed by atoms with E-state index in [1.165, 1.54) is 0 Å². The highest BCUT2D eigenvalue weighted by molar-refractivity contribution is 9.10. The molecule has 0 spiro atoms. The molecule has 1 N–H and O–H groups in total. The molecule has 4 heteroatoms. The van der Waals surface area contributed by atoms with Gasteiger partial charge in [0, 0.05) is 21.6 Å². The zero-order valence-corrected chi connectivity index (χ0v) is 8.87. The molecule has 72 valence electrons. The summed E-state index contributed by atoms with van der Waals surface area (Å²) in [6.07, 6.45) is 1.86. The van der Waals surface area contributed by atoms with Gasteiger partial charge in [-0.25, -0.2) is 0 Å². The summed E-state index contributed by atoms with van der Waals surface area (Å²) < 4.78 is 5.71. The Morgan fingerprint density at radius 2 is 2.36 bits per heavy atom. The van der Waals surface area contributed by atoms with Crippen LogP contribution in [0.4, 0.5) is 0 Å². The van der Waals surface area contributed by atoms with Crippen LogP contribution < -0.4 is 0 Å². The Balaban J connectivity index is 2.49. The monoisotopic (exact) mass is 253 g/mol. The second-order valence-corrected chi connectivity index (χ2v) is 3.83. The molecule has 2 aromatic rings. The van der Waals surface area contributed by atoms with Gasteiger partial charge < -0.3 is 9.72 Å². The van der Waals surface area contributed by atoms with E-state index in [-0.39, 0.29) is 0 Å². The normalized spacial score (nSPS) is 10.4. The zero-order valence-electron chi connectivity index (χ0n) is 7.29. The van der Waals surface area contributed by atoms with E-state index in [2.05, 4.69) is 20.9 Å². The highest BCUT2D eigenvalue weighted by Crippen LogP contribution is 2.23. The lowest BCUT2D eigenvalue weighted by atomic mass is 10.1. The van der Waals surface area contributed by atoms with Gasteiger partial charge in [-0.3, -0.25) is 4.79 Å². The van der Waals surface area contributed by atoms with Crippen LogP contribution in [0.15, 0.2) is 28.9 Å². The van der Waals surface area contributed by atoms with E-state index in [9.17, 15) is 4.79 Å². The Bertz CT molecular complexity index is 464. The largest absolute Gasteiger partial charge is 0.463 e. The Hall–Kier alpha value is -1.29. The molecule has 14 heavy (non-hydrogen) atoms. The van der Waals surface area contributed by atoms with Crippen LogP contribution in [-0.4, -0.2) is 11.5 Å². The van der Waals surface area contributed by atoms with Gasteiger partial charge in [0.15, 0.2) is 0 Å². The molecule has 0 radical (unpaired) electrons. The molecule has 1 heterocycles. The average Bonchev–Trinajstić information content (AvgIpc) is 2.61. The minimum absolute atomic E-state index is 0.292. The molecule has 0 amide bonds. The lowest BCUT2D eigenvalue weighted by Crippen LogP contribution is -1.91. The van der Waals surface area contributed by atoms with Gasteiger partial charge in [-0.15, -0.1) is 0 Å². The number of H-pyrrole nitrogens is 1. The Morgan fingerprint density at radius 3 is 3.14 bits per heavy atom. The van der Waals surface area contributed by atoms with Gasteiger partial charge in [-0.2, -0.15) is 0 Å². The van der Waals surface area contributed by atoms with Crippen molar-refractivity contribution >= 4 is 33.3 Å². The summed E-state index contributed by atoms with van der Waals surface area (Å²) in [5.74, 6) is 0. The first-order valence-corrected chi connectivity index (χ1v) is 4.91. The number of hydrogen-bond acceptors (Lipinski definition) is 2. The number of benzene rings is 1. The van der Waals surface area contributed by atoms with Crippen LogP contribution in [0, 0.1) is 0 Å². The van der Waals surface area contributed by atoms with Crippen molar-refractivity contribution in [2.75, 3.05) is 0 Å². The number of aromatic nitrogens is 1. The van der Waals surface area contributed by atoms with Crippen LogP contribution in [0.5, 0.6) is 0 Å². The Labute approximate surface area is 89.2 Å². The smallest absolute Gasteiger partial charge is 0.293 e. The SMILES string of the molecule is O=COCc1cc(Br)cc2cc[nH]c12. The lowest BCUT2D eigenvalue weighted by molar-refractivity contribution is -0.129. The van der Waals surface area contributed by atoms with Crippen LogP contribution in [0.2, 0.25) is 0 Å². The number of rotatable bonds is 3. The maximum atomic E-state index is 10.1. The molecule has 0 bridgehead atoms. The summed E-state index contributed by atoms with van der Waals surface area (Å²) in [6, 6.07) is 5.92. The van der Waals surface area contributed by atoms with E-state index in [1.54, 1.807) is 0 Å². The predicted molar refractivity (Wildman–Crippen MR) is 56.9 cm³/mol. The van der Waals surface area contributed by atoms with Gasteiger partial charge in [0.1, 0.15) is 6.61 Å². The van der Waals surface area contributed by atoms with Crippen molar-refractivity contribution < 1.29 is 9.53 Å². The molecular weight excluding hydrogens is 246 g/mol. The van der Waals surface area contributed by atoms with E-state index in [1.807, 2.05) is 24.4 Å². The number of ether oxygens (including phenoxy) is 1. The zero-order chi connectivity index (χ0) is 9.97. The third-order valence-electron chi connectivity index (χ3n) is 2.01. The van der Waals surface area contributed by atoms with E-state index >= 15 is 0 Å². The molecule has 0 unspecified atom stereocenters. The van der Waals surface area contributed by atoms with Crippen LogP contribution >= 0.6 is 15.9 Å². The second kappa shape index (κ2) is 3.84. The Morgan fingerprint density at radius 1 is 1.50 bits per heavy atom. The summed E-state index contributed by atoms with van der Waals surface area (Å²) in [6.45, 7) is 0.746. The minimum Gasteiger partial charge on any atom is -0.463 e. The molecule has 0 aliphatic heterocycles. The van der Waals surface area contributed by atoms with Gasteiger partial charge in [0.05, 0.1) is 5.52 Å². The number of halogens is 1. The fourth-order valence-corrected chi connectivity index (χ4v) is 1.97. The molecule has 0 aliphatic carbocycles. The maximum absolute atomic E-state index is 10.1. The quantitative estimate of drug-likeness (QED) is 0.855. The average molecular weight is 254 g/mol. The predicted octanol–water partition coefficient (Wildman–Crippen LogP) is 2.60. The Kier molecular flexibility index (Phi) is 2.54. The van der Waals surface area contributed by atoms with Gasteiger partial charge in [-0.05, 0) is 18.2 Å². The number of carbonyl (C=O) groups excluding carboxylic acids is 1. The first-order valence-electron chi connectivity index (χ1n) is 4.12. The van der Waals surface area contributed by atoms with Crippen LogP contribution in [-0.2, 0) is 16.1 Å². The second-order valence-electron chi connectivity index (χ2n) is 2.91. The standard InChI is InChI=1S/C10H8BrNO2/c11-9-3-7-1-2-12-10(7)8(4-9)5-14-6-13/h1-4,6,12H,5H2. The number of aromatic amines is 1. The van der Waals surface area contributed by atoms with Crippen molar-refractivity contribution in [1.29, 1.82) is 0 Å². The fraction of sp³-hybridized carbons (Fsp3) is 0.100. The van der Waals surface area contributed by atoms with E-state index < -0.39 is 0 Å².